The minimum absolute atomic E-state index is 0. The second-order valence-corrected chi connectivity index (χ2v) is 5.01. The summed E-state index contributed by atoms with van der Waals surface area (Å²) in [6.45, 7) is 6.04. The Morgan fingerprint density at radius 1 is 1.06 bits per heavy atom. The first kappa shape index (κ1) is 17.5. The van der Waals surface area contributed by atoms with Crippen molar-refractivity contribution in [1.29, 1.82) is 0 Å². The summed E-state index contributed by atoms with van der Waals surface area (Å²) in [6, 6.07) is 0. The molecule has 2 aliphatic rings. The molecule has 2 aliphatic heterocycles. The molecule has 2 saturated heterocycles. The second kappa shape index (κ2) is 9.40. The Hall–Kier alpha value is 0.460. The predicted octanol–water partition coefficient (Wildman–Crippen LogP) is 1.53. The molecule has 2 N–H and O–H groups in total. The third kappa shape index (κ3) is 5.31. The Morgan fingerprint density at radius 3 is 2.41 bits per heavy atom. The van der Waals surface area contributed by atoms with Crippen molar-refractivity contribution in [3.63, 3.8) is 0 Å². The van der Waals surface area contributed by atoms with Gasteiger partial charge in [-0.25, -0.2) is 0 Å². The van der Waals surface area contributed by atoms with E-state index in [4.69, 9.17) is 5.11 Å². The van der Waals surface area contributed by atoms with Crippen molar-refractivity contribution in [2.75, 3.05) is 39.3 Å². The van der Waals surface area contributed by atoms with Crippen LogP contribution in [0.25, 0.3) is 0 Å². The molecule has 0 aromatic heterocycles. The van der Waals surface area contributed by atoms with Gasteiger partial charge in [-0.1, -0.05) is 0 Å². The molecular weight excluding hydrogens is 259 g/mol. The smallest absolute Gasteiger partial charge is 0.0558 e. The number of aliphatic hydroxyl groups excluding tert-OH is 1. The number of aliphatic hydroxyl groups is 1. The van der Waals surface area contributed by atoms with Crippen LogP contribution in [0, 0.1) is 11.8 Å². The van der Waals surface area contributed by atoms with E-state index in [1.165, 1.54) is 51.9 Å². The van der Waals surface area contributed by atoms with E-state index in [-0.39, 0.29) is 24.8 Å². The van der Waals surface area contributed by atoms with E-state index in [1.54, 1.807) is 0 Å². The minimum atomic E-state index is 0. The van der Waals surface area contributed by atoms with Gasteiger partial charge in [-0.3, -0.25) is 0 Å². The van der Waals surface area contributed by atoms with E-state index >= 15 is 0 Å². The lowest BCUT2D eigenvalue weighted by molar-refractivity contribution is 0.101. The highest BCUT2D eigenvalue weighted by Gasteiger charge is 2.27. The lowest BCUT2D eigenvalue weighted by atomic mass is 9.80. The van der Waals surface area contributed by atoms with E-state index in [9.17, 15) is 0 Å². The van der Waals surface area contributed by atoms with Crippen LogP contribution in [0.5, 0.6) is 0 Å². The molecule has 0 unspecified atom stereocenters. The third-order valence-corrected chi connectivity index (χ3v) is 4.01. The summed E-state index contributed by atoms with van der Waals surface area (Å²) in [5.41, 5.74) is 0. The molecule has 0 aliphatic carbocycles. The molecule has 2 fully saturated rings. The highest BCUT2D eigenvalue weighted by molar-refractivity contribution is 5.85. The number of piperidine rings is 2. The van der Waals surface area contributed by atoms with Gasteiger partial charge in [0.2, 0.25) is 0 Å². The molecule has 0 saturated carbocycles. The fraction of sp³-hybridized carbons (Fsp3) is 1.00. The first-order chi connectivity index (χ1) is 7.40. The van der Waals surface area contributed by atoms with Crippen molar-refractivity contribution in [1.82, 2.24) is 10.2 Å². The van der Waals surface area contributed by atoms with E-state index in [1.807, 2.05) is 0 Å². The standard InChI is InChI=1S/C12H24N2O.2ClH/c15-9-8-14-7-1-2-12(10-14)11-3-5-13-6-4-11;;/h11-13,15H,1-10H2;2*1H/t12-;;/m0../s1. The number of nitrogens with one attached hydrogen (secondary N) is 1. The summed E-state index contributed by atoms with van der Waals surface area (Å²) < 4.78 is 0. The van der Waals surface area contributed by atoms with Crippen LogP contribution in [0.1, 0.15) is 25.7 Å². The Bertz CT molecular complexity index is 187. The van der Waals surface area contributed by atoms with E-state index < -0.39 is 0 Å². The lowest BCUT2D eigenvalue weighted by Gasteiger charge is -2.38. The molecule has 104 valence electrons. The van der Waals surface area contributed by atoms with Crippen molar-refractivity contribution in [3.05, 3.63) is 0 Å². The maximum atomic E-state index is 8.96. The number of nitrogens with zero attached hydrogens (tertiary/aromatic N) is 1. The van der Waals surface area contributed by atoms with Gasteiger partial charge in [0.25, 0.3) is 0 Å². The fourth-order valence-electron chi connectivity index (χ4n) is 3.14. The van der Waals surface area contributed by atoms with Crippen molar-refractivity contribution < 1.29 is 5.11 Å². The first-order valence-corrected chi connectivity index (χ1v) is 6.44. The van der Waals surface area contributed by atoms with Gasteiger partial charge in [-0.15, -0.1) is 24.8 Å². The fourth-order valence-corrected chi connectivity index (χ4v) is 3.14. The highest BCUT2D eigenvalue weighted by atomic mass is 35.5. The quantitative estimate of drug-likeness (QED) is 0.825. The molecule has 0 radical (unpaired) electrons. The zero-order valence-electron chi connectivity index (χ0n) is 10.4. The van der Waals surface area contributed by atoms with Crippen molar-refractivity contribution in [3.8, 4) is 0 Å². The van der Waals surface area contributed by atoms with Crippen molar-refractivity contribution in [2.45, 2.75) is 25.7 Å². The lowest BCUT2D eigenvalue weighted by Crippen LogP contribution is -2.42. The van der Waals surface area contributed by atoms with Gasteiger partial charge in [-0.05, 0) is 57.2 Å². The van der Waals surface area contributed by atoms with Crippen LogP contribution < -0.4 is 5.32 Å². The normalized spacial score (nSPS) is 27.0. The number of hydrogen-bond donors (Lipinski definition) is 2. The maximum Gasteiger partial charge on any atom is 0.0558 e. The number of halogens is 2. The van der Waals surface area contributed by atoms with Gasteiger partial charge in [0.05, 0.1) is 6.61 Å². The molecule has 0 aromatic carbocycles. The van der Waals surface area contributed by atoms with Crippen molar-refractivity contribution in [2.24, 2.45) is 11.8 Å². The number of β-amino-alcohol motifs (C(OH)–C–C–N with tert-alkyl or cyclic N) is 1. The van der Waals surface area contributed by atoms with Gasteiger partial charge in [0.15, 0.2) is 0 Å². The van der Waals surface area contributed by atoms with Gasteiger partial charge < -0.3 is 15.3 Å². The Kier molecular flexibility index (Phi) is 9.65. The van der Waals surface area contributed by atoms with E-state index in [0.717, 1.165) is 18.4 Å². The van der Waals surface area contributed by atoms with Crippen LogP contribution in [0.3, 0.4) is 0 Å². The summed E-state index contributed by atoms with van der Waals surface area (Å²) >= 11 is 0. The van der Waals surface area contributed by atoms with Crippen LogP contribution in [-0.2, 0) is 0 Å². The van der Waals surface area contributed by atoms with Crippen molar-refractivity contribution >= 4 is 24.8 Å². The summed E-state index contributed by atoms with van der Waals surface area (Å²) in [5.74, 6) is 1.83. The zero-order valence-corrected chi connectivity index (χ0v) is 12.1. The molecular formula is C12H26Cl2N2O. The number of likely N-dealkylation sites (tertiary alicyclic amines) is 1. The Balaban J connectivity index is 0.00000128. The molecule has 0 aromatic rings. The molecule has 2 heterocycles. The van der Waals surface area contributed by atoms with Crippen LogP contribution in [0.15, 0.2) is 0 Å². The molecule has 0 amide bonds. The average Bonchev–Trinajstić information content (AvgIpc) is 2.31. The van der Waals surface area contributed by atoms with Gasteiger partial charge in [0, 0.05) is 13.1 Å². The summed E-state index contributed by atoms with van der Waals surface area (Å²) in [5, 5.41) is 12.4. The molecule has 0 spiro atoms. The summed E-state index contributed by atoms with van der Waals surface area (Å²) in [6.07, 6.45) is 5.45. The van der Waals surface area contributed by atoms with Crippen LogP contribution in [0.2, 0.25) is 0 Å². The molecule has 0 bridgehead atoms. The van der Waals surface area contributed by atoms with Gasteiger partial charge >= 0.3 is 0 Å². The average molecular weight is 285 g/mol. The highest BCUT2D eigenvalue weighted by Crippen LogP contribution is 2.29. The molecule has 17 heavy (non-hydrogen) atoms. The maximum absolute atomic E-state index is 8.96. The van der Waals surface area contributed by atoms with Crippen LogP contribution in [-0.4, -0.2) is 49.3 Å². The summed E-state index contributed by atoms with van der Waals surface area (Å²) in [7, 11) is 0. The Labute approximate surface area is 117 Å². The monoisotopic (exact) mass is 284 g/mol. The largest absolute Gasteiger partial charge is 0.395 e. The van der Waals surface area contributed by atoms with Gasteiger partial charge in [0.1, 0.15) is 0 Å². The minimum Gasteiger partial charge on any atom is -0.395 e. The molecule has 2 rings (SSSR count). The molecule has 3 nitrogen and oxygen atoms in total. The second-order valence-electron chi connectivity index (χ2n) is 5.01. The van der Waals surface area contributed by atoms with Crippen LogP contribution >= 0.6 is 24.8 Å². The van der Waals surface area contributed by atoms with Gasteiger partial charge in [-0.2, -0.15) is 0 Å². The topological polar surface area (TPSA) is 35.5 Å². The predicted molar refractivity (Wildman–Crippen MR) is 76.3 cm³/mol. The number of hydrogen-bond acceptors (Lipinski definition) is 3. The third-order valence-electron chi connectivity index (χ3n) is 4.01. The zero-order chi connectivity index (χ0) is 10.5. The van der Waals surface area contributed by atoms with E-state index in [2.05, 4.69) is 10.2 Å². The first-order valence-electron chi connectivity index (χ1n) is 6.44. The summed E-state index contributed by atoms with van der Waals surface area (Å²) in [4.78, 5) is 2.44. The molecule has 1 atom stereocenters. The Morgan fingerprint density at radius 2 is 1.76 bits per heavy atom. The molecule has 5 heteroatoms. The van der Waals surface area contributed by atoms with Crippen LogP contribution in [0.4, 0.5) is 0 Å². The number of rotatable bonds is 3. The SMILES string of the molecule is Cl.Cl.OCCN1CCC[C@H](C2CCNCC2)C1. The van der Waals surface area contributed by atoms with E-state index in [0.29, 0.717) is 6.61 Å².